The zero-order valence-corrected chi connectivity index (χ0v) is 15.4. The smallest absolute Gasteiger partial charge is 0.262 e. The number of carbonyl (C=O) groups excluding carboxylic acids is 1. The molecule has 3 aromatic heterocycles. The van der Waals surface area contributed by atoms with E-state index in [1.165, 1.54) is 11.8 Å². The Hall–Kier alpha value is -3.06. The average Bonchev–Trinajstić information content (AvgIpc) is 3.09. The number of nitrogens with one attached hydrogen (secondary N) is 1. The fourth-order valence-electron chi connectivity index (χ4n) is 2.63. The summed E-state index contributed by atoms with van der Waals surface area (Å²) < 4.78 is 2.52. The summed E-state index contributed by atoms with van der Waals surface area (Å²) in [4.78, 5) is 21.1. The van der Waals surface area contributed by atoms with Gasteiger partial charge in [-0.3, -0.25) is 4.79 Å². The van der Waals surface area contributed by atoms with Crippen molar-refractivity contribution in [3.8, 4) is 11.3 Å². The predicted molar refractivity (Wildman–Crippen MR) is 103 cm³/mol. The predicted octanol–water partition coefficient (Wildman–Crippen LogP) is 4.11. The summed E-state index contributed by atoms with van der Waals surface area (Å²) in [6.45, 7) is 2.04. The fourth-order valence-corrected chi connectivity index (χ4v) is 2.86. The Morgan fingerprint density at radius 3 is 2.58 bits per heavy atom. The van der Waals surface area contributed by atoms with Gasteiger partial charge in [-0.05, 0) is 41.1 Å². The SMILES string of the molecule is Cc1ccc(-c2ccnc3c(C(=O)Nc4ccc(Br)cn4)cnn23)cc1. The van der Waals surface area contributed by atoms with Gasteiger partial charge in [0.2, 0.25) is 0 Å². The maximum atomic E-state index is 12.6. The molecule has 1 N–H and O–H groups in total. The number of aryl methyl sites for hydroxylation is 1. The third-order valence-corrected chi connectivity index (χ3v) is 4.43. The largest absolute Gasteiger partial charge is 0.306 e. The van der Waals surface area contributed by atoms with Crippen molar-refractivity contribution < 1.29 is 4.79 Å². The van der Waals surface area contributed by atoms with Crippen LogP contribution < -0.4 is 5.32 Å². The molecule has 1 amide bonds. The number of fused-ring (bicyclic) bond motifs is 1. The molecule has 0 atom stereocenters. The number of halogens is 1. The van der Waals surface area contributed by atoms with Crippen molar-refractivity contribution in [2.75, 3.05) is 5.32 Å². The van der Waals surface area contributed by atoms with Crippen molar-refractivity contribution in [3.63, 3.8) is 0 Å². The lowest BCUT2D eigenvalue weighted by Gasteiger charge is -2.06. The normalized spacial score (nSPS) is 10.8. The van der Waals surface area contributed by atoms with Gasteiger partial charge in [0.1, 0.15) is 11.4 Å². The number of hydrogen-bond acceptors (Lipinski definition) is 4. The number of nitrogens with zero attached hydrogens (tertiary/aromatic N) is 4. The Kier molecular flexibility index (Phi) is 4.22. The van der Waals surface area contributed by atoms with Gasteiger partial charge in [-0.15, -0.1) is 0 Å². The number of carbonyl (C=O) groups is 1. The summed E-state index contributed by atoms with van der Waals surface area (Å²) in [6.07, 6.45) is 4.83. The van der Waals surface area contributed by atoms with Gasteiger partial charge in [-0.1, -0.05) is 29.8 Å². The maximum absolute atomic E-state index is 12.6. The molecule has 0 bridgehead atoms. The van der Waals surface area contributed by atoms with E-state index in [1.54, 1.807) is 23.0 Å². The van der Waals surface area contributed by atoms with Crippen molar-refractivity contribution in [1.29, 1.82) is 0 Å². The van der Waals surface area contributed by atoms with Crippen LogP contribution in [0.1, 0.15) is 15.9 Å². The third-order valence-electron chi connectivity index (χ3n) is 3.96. The molecule has 7 heteroatoms. The van der Waals surface area contributed by atoms with Crippen LogP contribution in [0.25, 0.3) is 16.9 Å². The van der Waals surface area contributed by atoms with Crippen molar-refractivity contribution in [2.45, 2.75) is 6.92 Å². The highest BCUT2D eigenvalue weighted by atomic mass is 79.9. The second-order valence-electron chi connectivity index (χ2n) is 5.81. The Balaban J connectivity index is 1.71. The molecule has 128 valence electrons. The summed E-state index contributed by atoms with van der Waals surface area (Å²) in [5.41, 5.74) is 3.95. The Labute approximate surface area is 158 Å². The molecule has 0 aliphatic rings. The number of aromatic nitrogens is 4. The van der Waals surface area contributed by atoms with E-state index in [0.29, 0.717) is 17.0 Å². The molecule has 0 spiro atoms. The quantitative estimate of drug-likeness (QED) is 0.554. The van der Waals surface area contributed by atoms with Crippen LogP contribution in [0.4, 0.5) is 5.82 Å². The van der Waals surface area contributed by atoms with E-state index in [-0.39, 0.29) is 5.91 Å². The molecule has 0 unspecified atom stereocenters. The molecule has 26 heavy (non-hydrogen) atoms. The van der Waals surface area contributed by atoms with Gasteiger partial charge >= 0.3 is 0 Å². The van der Waals surface area contributed by atoms with Crippen LogP contribution >= 0.6 is 15.9 Å². The molecule has 0 fully saturated rings. The molecule has 0 aliphatic carbocycles. The minimum Gasteiger partial charge on any atom is -0.306 e. The lowest BCUT2D eigenvalue weighted by Crippen LogP contribution is -2.13. The summed E-state index contributed by atoms with van der Waals surface area (Å²) in [6, 6.07) is 13.5. The number of pyridine rings is 1. The lowest BCUT2D eigenvalue weighted by atomic mass is 10.1. The minimum absolute atomic E-state index is 0.302. The highest BCUT2D eigenvalue weighted by Crippen LogP contribution is 2.22. The molecule has 0 saturated heterocycles. The first-order valence-corrected chi connectivity index (χ1v) is 8.74. The topological polar surface area (TPSA) is 72.2 Å². The average molecular weight is 408 g/mol. The molecule has 0 saturated carbocycles. The van der Waals surface area contributed by atoms with Crippen molar-refractivity contribution in [2.24, 2.45) is 0 Å². The van der Waals surface area contributed by atoms with Crippen molar-refractivity contribution in [1.82, 2.24) is 19.6 Å². The summed E-state index contributed by atoms with van der Waals surface area (Å²) in [5, 5.41) is 7.13. The van der Waals surface area contributed by atoms with Gasteiger partial charge in [0.15, 0.2) is 5.65 Å². The van der Waals surface area contributed by atoms with Crippen LogP contribution in [0.5, 0.6) is 0 Å². The standard InChI is InChI=1S/C19H14BrN5O/c1-12-2-4-13(5-3-12)16-8-9-21-18-15(11-23-25(16)18)19(26)24-17-7-6-14(20)10-22-17/h2-11H,1H3,(H,22,24,26). The van der Waals surface area contributed by atoms with Crippen LogP contribution in [0.2, 0.25) is 0 Å². The Morgan fingerprint density at radius 2 is 1.85 bits per heavy atom. The van der Waals surface area contributed by atoms with Crippen molar-refractivity contribution in [3.05, 3.63) is 76.7 Å². The number of anilines is 1. The highest BCUT2D eigenvalue weighted by molar-refractivity contribution is 9.10. The van der Waals surface area contributed by atoms with Crippen LogP contribution in [0.3, 0.4) is 0 Å². The first-order chi connectivity index (χ1) is 12.6. The third kappa shape index (κ3) is 3.09. The van der Waals surface area contributed by atoms with Crippen LogP contribution in [-0.4, -0.2) is 25.5 Å². The van der Waals surface area contributed by atoms with E-state index < -0.39 is 0 Å². The number of benzene rings is 1. The van der Waals surface area contributed by atoms with Gasteiger partial charge in [-0.2, -0.15) is 5.10 Å². The monoisotopic (exact) mass is 407 g/mol. The molecule has 4 aromatic rings. The van der Waals surface area contributed by atoms with Crippen LogP contribution in [0.15, 0.2) is 65.5 Å². The van der Waals surface area contributed by atoms with E-state index in [9.17, 15) is 4.79 Å². The zero-order chi connectivity index (χ0) is 18.1. The molecule has 0 aliphatic heterocycles. The number of hydrogen-bond donors (Lipinski definition) is 1. The molecule has 6 nitrogen and oxygen atoms in total. The van der Waals surface area contributed by atoms with E-state index in [2.05, 4.69) is 36.3 Å². The summed E-state index contributed by atoms with van der Waals surface area (Å²) in [7, 11) is 0. The van der Waals surface area contributed by atoms with Crippen molar-refractivity contribution >= 4 is 33.3 Å². The van der Waals surface area contributed by atoms with E-state index in [1.807, 2.05) is 43.3 Å². The molecule has 4 rings (SSSR count). The second-order valence-corrected chi connectivity index (χ2v) is 6.72. The maximum Gasteiger partial charge on any atom is 0.262 e. The zero-order valence-electron chi connectivity index (χ0n) is 13.8. The lowest BCUT2D eigenvalue weighted by molar-refractivity contribution is 0.102. The molecular formula is C19H14BrN5O. The van der Waals surface area contributed by atoms with Crippen LogP contribution in [0, 0.1) is 6.92 Å². The van der Waals surface area contributed by atoms with E-state index in [0.717, 1.165) is 15.7 Å². The van der Waals surface area contributed by atoms with Gasteiger partial charge < -0.3 is 5.32 Å². The van der Waals surface area contributed by atoms with E-state index >= 15 is 0 Å². The molecule has 1 aromatic carbocycles. The van der Waals surface area contributed by atoms with Gasteiger partial charge in [0.25, 0.3) is 5.91 Å². The Morgan fingerprint density at radius 1 is 1.04 bits per heavy atom. The number of amides is 1. The van der Waals surface area contributed by atoms with Crippen LogP contribution in [-0.2, 0) is 0 Å². The van der Waals surface area contributed by atoms with Gasteiger partial charge in [0, 0.05) is 22.4 Å². The van der Waals surface area contributed by atoms with E-state index in [4.69, 9.17) is 0 Å². The fraction of sp³-hybridized carbons (Fsp3) is 0.0526. The first-order valence-electron chi connectivity index (χ1n) is 7.94. The molecule has 3 heterocycles. The second kappa shape index (κ2) is 6.68. The summed E-state index contributed by atoms with van der Waals surface area (Å²) >= 11 is 3.32. The minimum atomic E-state index is -0.302. The number of rotatable bonds is 3. The Bertz CT molecular complexity index is 1090. The molecule has 0 radical (unpaired) electrons. The first kappa shape index (κ1) is 16.4. The highest BCUT2D eigenvalue weighted by Gasteiger charge is 2.16. The van der Waals surface area contributed by atoms with Gasteiger partial charge in [-0.25, -0.2) is 14.5 Å². The molecular weight excluding hydrogens is 394 g/mol. The summed E-state index contributed by atoms with van der Waals surface area (Å²) in [5.74, 6) is 0.163. The van der Waals surface area contributed by atoms with Gasteiger partial charge in [0.05, 0.1) is 11.9 Å².